The van der Waals surface area contributed by atoms with Gasteiger partial charge in [0.25, 0.3) is 5.91 Å². The molecule has 6 heteroatoms. The Morgan fingerprint density at radius 2 is 1.59 bits per heavy atom. The van der Waals surface area contributed by atoms with Gasteiger partial charge in [-0.15, -0.1) is 0 Å². The number of benzene rings is 2. The summed E-state index contributed by atoms with van der Waals surface area (Å²) in [5, 5.41) is 2.79. The molecule has 0 unspecified atom stereocenters. The molecule has 1 atom stereocenters. The van der Waals surface area contributed by atoms with Gasteiger partial charge in [0.1, 0.15) is 11.8 Å². The van der Waals surface area contributed by atoms with Crippen molar-refractivity contribution in [3.63, 3.8) is 0 Å². The lowest BCUT2D eigenvalue weighted by Crippen LogP contribution is -2.54. The van der Waals surface area contributed by atoms with E-state index in [9.17, 15) is 9.59 Å². The van der Waals surface area contributed by atoms with Crippen LogP contribution < -0.4 is 15.0 Å². The third-order valence-electron chi connectivity index (χ3n) is 4.78. The van der Waals surface area contributed by atoms with E-state index in [1.54, 1.807) is 38.3 Å². The van der Waals surface area contributed by atoms with Crippen LogP contribution in [0.25, 0.3) is 0 Å². The molecule has 2 aromatic carbocycles. The number of para-hydroxylation sites is 1. The molecule has 3 rings (SSSR count). The lowest BCUT2D eigenvalue weighted by molar-refractivity contribution is -0.133. The van der Waals surface area contributed by atoms with E-state index in [0.29, 0.717) is 24.4 Å². The number of nitrogens with one attached hydrogen (secondary N) is 1. The number of methoxy groups -OCH3 is 1. The first-order chi connectivity index (χ1) is 13.1. The van der Waals surface area contributed by atoms with Gasteiger partial charge in [0, 0.05) is 37.4 Å². The van der Waals surface area contributed by atoms with E-state index in [1.165, 1.54) is 5.69 Å². The van der Waals surface area contributed by atoms with Crippen molar-refractivity contribution in [2.75, 3.05) is 38.2 Å². The molecule has 1 saturated heterocycles. The Bertz CT molecular complexity index is 769. The SMILES string of the molecule is COc1ccc(C(=O)N[C@@H](C)C(=O)N2CCN(c3ccccc3)CC2)cc1. The first-order valence-electron chi connectivity index (χ1n) is 9.12. The topological polar surface area (TPSA) is 61.9 Å². The van der Waals surface area contributed by atoms with Gasteiger partial charge >= 0.3 is 0 Å². The number of anilines is 1. The number of amides is 2. The third-order valence-corrected chi connectivity index (χ3v) is 4.78. The Morgan fingerprint density at radius 3 is 2.19 bits per heavy atom. The monoisotopic (exact) mass is 367 g/mol. The maximum absolute atomic E-state index is 12.7. The van der Waals surface area contributed by atoms with E-state index in [1.807, 2.05) is 23.1 Å². The zero-order valence-electron chi connectivity index (χ0n) is 15.7. The first-order valence-corrected chi connectivity index (χ1v) is 9.12. The molecule has 142 valence electrons. The molecular weight excluding hydrogens is 342 g/mol. The van der Waals surface area contributed by atoms with Crippen molar-refractivity contribution in [1.82, 2.24) is 10.2 Å². The minimum atomic E-state index is -0.567. The molecule has 0 aromatic heterocycles. The van der Waals surface area contributed by atoms with Gasteiger partial charge in [-0.2, -0.15) is 0 Å². The van der Waals surface area contributed by atoms with Crippen LogP contribution >= 0.6 is 0 Å². The molecule has 0 spiro atoms. The summed E-state index contributed by atoms with van der Waals surface area (Å²) in [7, 11) is 1.58. The van der Waals surface area contributed by atoms with Gasteiger partial charge in [-0.25, -0.2) is 0 Å². The van der Waals surface area contributed by atoms with Crippen LogP contribution in [-0.2, 0) is 4.79 Å². The van der Waals surface area contributed by atoms with E-state index >= 15 is 0 Å². The van der Waals surface area contributed by atoms with Gasteiger partial charge < -0.3 is 19.9 Å². The lowest BCUT2D eigenvalue weighted by Gasteiger charge is -2.37. The molecule has 0 bridgehead atoms. The second-order valence-corrected chi connectivity index (χ2v) is 6.57. The van der Waals surface area contributed by atoms with Gasteiger partial charge in [-0.1, -0.05) is 18.2 Å². The fraction of sp³-hybridized carbons (Fsp3) is 0.333. The number of hydrogen-bond donors (Lipinski definition) is 1. The van der Waals surface area contributed by atoms with Crippen LogP contribution in [0.3, 0.4) is 0 Å². The summed E-state index contributed by atoms with van der Waals surface area (Å²) in [6, 6.07) is 16.4. The van der Waals surface area contributed by atoms with Gasteiger partial charge in [-0.05, 0) is 43.3 Å². The van der Waals surface area contributed by atoms with Crippen molar-refractivity contribution < 1.29 is 14.3 Å². The number of carbonyl (C=O) groups is 2. The molecule has 1 heterocycles. The highest BCUT2D eigenvalue weighted by Crippen LogP contribution is 2.16. The predicted octanol–water partition coefficient (Wildman–Crippen LogP) is 2.16. The maximum atomic E-state index is 12.7. The average molecular weight is 367 g/mol. The van der Waals surface area contributed by atoms with Crippen LogP contribution in [0.15, 0.2) is 54.6 Å². The summed E-state index contributed by atoms with van der Waals surface area (Å²) in [5.74, 6) is 0.373. The highest BCUT2D eigenvalue weighted by Gasteiger charge is 2.26. The molecule has 2 amide bonds. The molecule has 1 aliphatic heterocycles. The molecule has 0 aliphatic carbocycles. The number of rotatable bonds is 5. The summed E-state index contributed by atoms with van der Waals surface area (Å²) in [5.41, 5.74) is 1.68. The van der Waals surface area contributed by atoms with Gasteiger partial charge in [0.05, 0.1) is 7.11 Å². The van der Waals surface area contributed by atoms with Crippen LogP contribution in [0.5, 0.6) is 5.75 Å². The second kappa shape index (κ2) is 8.58. The molecule has 0 saturated carbocycles. The summed E-state index contributed by atoms with van der Waals surface area (Å²) >= 11 is 0. The summed E-state index contributed by atoms with van der Waals surface area (Å²) in [6.07, 6.45) is 0. The molecular formula is C21H25N3O3. The van der Waals surface area contributed by atoms with Gasteiger partial charge in [-0.3, -0.25) is 9.59 Å². The van der Waals surface area contributed by atoms with Crippen molar-refractivity contribution in [3.05, 3.63) is 60.2 Å². The highest BCUT2D eigenvalue weighted by atomic mass is 16.5. The number of nitrogens with zero attached hydrogens (tertiary/aromatic N) is 2. The Labute approximate surface area is 159 Å². The number of hydrogen-bond acceptors (Lipinski definition) is 4. The second-order valence-electron chi connectivity index (χ2n) is 6.57. The lowest BCUT2D eigenvalue weighted by atomic mass is 10.1. The number of piperazine rings is 1. The summed E-state index contributed by atoms with van der Waals surface area (Å²) < 4.78 is 5.09. The van der Waals surface area contributed by atoms with Crippen molar-refractivity contribution in [3.8, 4) is 5.75 Å². The van der Waals surface area contributed by atoms with Crippen molar-refractivity contribution in [1.29, 1.82) is 0 Å². The fourth-order valence-electron chi connectivity index (χ4n) is 3.18. The van der Waals surface area contributed by atoms with E-state index in [-0.39, 0.29) is 11.8 Å². The molecule has 1 aliphatic rings. The Kier molecular flexibility index (Phi) is 5.96. The Morgan fingerprint density at radius 1 is 0.963 bits per heavy atom. The number of ether oxygens (including phenoxy) is 1. The molecule has 6 nitrogen and oxygen atoms in total. The average Bonchev–Trinajstić information content (AvgIpc) is 2.74. The van der Waals surface area contributed by atoms with Crippen LogP contribution in [0, 0.1) is 0 Å². The van der Waals surface area contributed by atoms with Crippen molar-refractivity contribution >= 4 is 17.5 Å². The Hall–Kier alpha value is -3.02. The quantitative estimate of drug-likeness (QED) is 0.880. The molecule has 0 radical (unpaired) electrons. The minimum Gasteiger partial charge on any atom is -0.497 e. The zero-order chi connectivity index (χ0) is 19.2. The minimum absolute atomic E-state index is 0.0513. The maximum Gasteiger partial charge on any atom is 0.251 e. The molecule has 1 N–H and O–H groups in total. The van der Waals surface area contributed by atoms with Crippen molar-refractivity contribution in [2.24, 2.45) is 0 Å². The Balaban J connectivity index is 1.52. The summed E-state index contributed by atoms with van der Waals surface area (Å²) in [6.45, 7) is 4.60. The first kappa shape index (κ1) is 18.8. The normalized spacial score (nSPS) is 15.2. The standard InChI is InChI=1S/C21H25N3O3/c1-16(22-20(25)17-8-10-19(27-2)11-9-17)21(26)24-14-12-23(13-15-24)18-6-4-3-5-7-18/h3-11,16H,12-15H2,1-2H3,(H,22,25)/t16-/m0/s1. The van der Waals surface area contributed by atoms with E-state index in [4.69, 9.17) is 4.74 Å². The fourth-order valence-corrected chi connectivity index (χ4v) is 3.18. The molecule has 1 fully saturated rings. The zero-order valence-corrected chi connectivity index (χ0v) is 15.7. The summed E-state index contributed by atoms with van der Waals surface area (Å²) in [4.78, 5) is 29.1. The largest absolute Gasteiger partial charge is 0.497 e. The molecule has 27 heavy (non-hydrogen) atoms. The smallest absolute Gasteiger partial charge is 0.251 e. The predicted molar refractivity (Wildman–Crippen MR) is 105 cm³/mol. The van der Waals surface area contributed by atoms with Crippen LogP contribution in [0.2, 0.25) is 0 Å². The number of carbonyl (C=O) groups excluding carboxylic acids is 2. The van der Waals surface area contributed by atoms with E-state index in [0.717, 1.165) is 13.1 Å². The van der Waals surface area contributed by atoms with Crippen molar-refractivity contribution in [2.45, 2.75) is 13.0 Å². The molecule has 2 aromatic rings. The third kappa shape index (κ3) is 4.58. The van der Waals surface area contributed by atoms with Gasteiger partial charge in [0.2, 0.25) is 5.91 Å². The van der Waals surface area contributed by atoms with Crippen LogP contribution in [0.4, 0.5) is 5.69 Å². The highest BCUT2D eigenvalue weighted by molar-refractivity contribution is 5.97. The van der Waals surface area contributed by atoms with E-state index < -0.39 is 6.04 Å². The van der Waals surface area contributed by atoms with Crippen LogP contribution in [0.1, 0.15) is 17.3 Å². The van der Waals surface area contributed by atoms with Crippen LogP contribution in [-0.4, -0.2) is 56.0 Å². The van der Waals surface area contributed by atoms with E-state index in [2.05, 4.69) is 22.3 Å². The van der Waals surface area contributed by atoms with Gasteiger partial charge in [0.15, 0.2) is 0 Å².